The summed E-state index contributed by atoms with van der Waals surface area (Å²) in [6.07, 6.45) is 4.06. The van der Waals surface area contributed by atoms with Gasteiger partial charge in [0.05, 0.1) is 12.0 Å². The van der Waals surface area contributed by atoms with Crippen LogP contribution in [0.5, 0.6) is 5.75 Å². The second-order valence-corrected chi connectivity index (χ2v) is 8.96. The molecule has 7 heteroatoms. The van der Waals surface area contributed by atoms with Crippen LogP contribution in [0, 0.1) is 0 Å². The molecule has 1 N–H and O–H groups in total. The number of sulfonamides is 1. The molecule has 0 aliphatic carbocycles. The van der Waals surface area contributed by atoms with Gasteiger partial charge in [0.15, 0.2) is 0 Å². The van der Waals surface area contributed by atoms with Gasteiger partial charge in [-0.2, -0.15) is 0 Å². The van der Waals surface area contributed by atoms with Crippen molar-refractivity contribution in [2.24, 2.45) is 0 Å². The average Bonchev–Trinajstić information content (AvgIpc) is 2.78. The number of unbranched alkanes of at least 4 members (excludes halogenated alkanes) is 2. The summed E-state index contributed by atoms with van der Waals surface area (Å²) in [5, 5.41) is 0. The fourth-order valence-electron chi connectivity index (χ4n) is 2.98. The summed E-state index contributed by atoms with van der Waals surface area (Å²) in [7, 11) is -2.09. The molecule has 1 amide bonds. The van der Waals surface area contributed by atoms with Crippen molar-refractivity contribution >= 4 is 15.9 Å². The van der Waals surface area contributed by atoms with Crippen molar-refractivity contribution in [1.29, 1.82) is 0 Å². The van der Waals surface area contributed by atoms with Gasteiger partial charge in [-0.1, -0.05) is 38.8 Å². The van der Waals surface area contributed by atoms with E-state index in [9.17, 15) is 13.2 Å². The Kier molecular flexibility index (Phi) is 9.33. The molecule has 2 aromatic rings. The number of hydrogen-bond acceptors (Lipinski definition) is 4. The second kappa shape index (κ2) is 11.7. The molecule has 6 nitrogen and oxygen atoms in total. The first-order chi connectivity index (χ1) is 14.4. The molecule has 0 fully saturated rings. The second-order valence-electron chi connectivity index (χ2n) is 7.20. The summed E-state index contributed by atoms with van der Waals surface area (Å²) in [5.41, 5.74) is 1.42. The molecule has 0 aromatic heterocycles. The molecule has 30 heavy (non-hydrogen) atoms. The number of nitrogens with zero attached hydrogens (tertiary/aromatic N) is 1. The van der Waals surface area contributed by atoms with E-state index in [-0.39, 0.29) is 17.3 Å². The first-order valence-electron chi connectivity index (χ1n) is 10.4. The summed E-state index contributed by atoms with van der Waals surface area (Å²) in [6, 6.07) is 13.3. The third-order valence-corrected chi connectivity index (χ3v) is 6.30. The van der Waals surface area contributed by atoms with Crippen molar-refractivity contribution in [3.63, 3.8) is 0 Å². The van der Waals surface area contributed by atoms with Gasteiger partial charge in [0.1, 0.15) is 5.75 Å². The fraction of sp³-hybridized carbons (Fsp3) is 0.435. The lowest BCUT2D eigenvalue weighted by molar-refractivity contribution is 0.0751. The maximum absolute atomic E-state index is 12.8. The highest BCUT2D eigenvalue weighted by Crippen LogP contribution is 2.16. The molecule has 0 radical (unpaired) electrons. The van der Waals surface area contributed by atoms with Crippen LogP contribution in [-0.4, -0.2) is 39.4 Å². The van der Waals surface area contributed by atoms with Crippen LogP contribution in [0.25, 0.3) is 0 Å². The van der Waals surface area contributed by atoms with Crippen molar-refractivity contribution in [3.8, 4) is 5.75 Å². The summed E-state index contributed by atoms with van der Waals surface area (Å²) in [4.78, 5) is 14.9. The van der Waals surface area contributed by atoms with Crippen molar-refractivity contribution in [3.05, 3.63) is 59.7 Å². The van der Waals surface area contributed by atoms with Gasteiger partial charge < -0.3 is 9.64 Å². The summed E-state index contributed by atoms with van der Waals surface area (Å²) in [5.74, 6) is 0.628. The zero-order valence-electron chi connectivity index (χ0n) is 18.1. The molecule has 2 rings (SSSR count). The van der Waals surface area contributed by atoms with Crippen molar-refractivity contribution in [2.45, 2.75) is 51.0 Å². The Morgan fingerprint density at radius 1 is 0.933 bits per heavy atom. The number of carbonyl (C=O) groups is 1. The van der Waals surface area contributed by atoms with Crippen LogP contribution in [0.4, 0.5) is 0 Å². The minimum atomic E-state index is -3.62. The predicted octanol–water partition coefficient (Wildman–Crippen LogP) is 4.22. The number of methoxy groups -OCH3 is 1. The number of amides is 1. The van der Waals surface area contributed by atoms with Crippen LogP contribution in [0.15, 0.2) is 53.4 Å². The van der Waals surface area contributed by atoms with Crippen LogP contribution in [0.1, 0.15) is 55.5 Å². The van der Waals surface area contributed by atoms with E-state index < -0.39 is 10.0 Å². The number of carbonyl (C=O) groups excluding carboxylic acids is 1. The van der Waals surface area contributed by atoms with Gasteiger partial charge in [-0.15, -0.1) is 0 Å². The number of ether oxygens (including phenoxy) is 1. The first-order valence-corrected chi connectivity index (χ1v) is 11.9. The lowest BCUT2D eigenvalue weighted by Crippen LogP contribution is -2.33. The Labute approximate surface area is 180 Å². The van der Waals surface area contributed by atoms with E-state index in [1.807, 2.05) is 4.90 Å². The molecule has 0 bridgehead atoms. The minimum absolute atomic E-state index is 0.0299. The Morgan fingerprint density at radius 3 is 2.00 bits per heavy atom. The quantitative estimate of drug-likeness (QED) is 0.545. The molecule has 0 heterocycles. The molecule has 0 atom stereocenters. The summed E-state index contributed by atoms with van der Waals surface area (Å²) < 4.78 is 32.6. The lowest BCUT2D eigenvalue weighted by atomic mass is 10.1. The van der Waals surface area contributed by atoms with Crippen LogP contribution >= 0.6 is 0 Å². The molecule has 0 saturated heterocycles. The number of nitrogens with one attached hydrogen (secondary N) is 1. The Bertz CT molecular complexity index is 886. The number of benzene rings is 2. The highest BCUT2D eigenvalue weighted by atomic mass is 32.2. The van der Waals surface area contributed by atoms with Gasteiger partial charge in [0, 0.05) is 25.2 Å². The van der Waals surface area contributed by atoms with Crippen molar-refractivity contribution < 1.29 is 17.9 Å². The highest BCUT2D eigenvalue weighted by molar-refractivity contribution is 7.89. The van der Waals surface area contributed by atoms with E-state index in [4.69, 9.17) is 4.74 Å². The topological polar surface area (TPSA) is 75.7 Å². The van der Waals surface area contributed by atoms with Crippen LogP contribution in [-0.2, 0) is 16.6 Å². The molecule has 0 saturated carbocycles. The van der Waals surface area contributed by atoms with Crippen LogP contribution < -0.4 is 9.46 Å². The van der Waals surface area contributed by atoms with E-state index in [0.717, 1.165) is 44.3 Å². The van der Waals surface area contributed by atoms with E-state index in [2.05, 4.69) is 18.6 Å². The number of rotatable bonds is 12. The van der Waals surface area contributed by atoms with E-state index >= 15 is 0 Å². The van der Waals surface area contributed by atoms with E-state index in [1.54, 1.807) is 36.4 Å². The third-order valence-electron chi connectivity index (χ3n) is 4.89. The molecule has 2 aromatic carbocycles. The molecule has 164 valence electrons. The fourth-order valence-corrected chi connectivity index (χ4v) is 3.99. The molecule has 0 aliphatic rings. The molecule has 0 spiro atoms. The van der Waals surface area contributed by atoms with Crippen molar-refractivity contribution in [2.75, 3.05) is 20.2 Å². The predicted molar refractivity (Wildman–Crippen MR) is 119 cm³/mol. The first kappa shape index (κ1) is 23.9. The maximum Gasteiger partial charge on any atom is 0.253 e. The zero-order valence-corrected chi connectivity index (χ0v) is 18.9. The van der Waals surface area contributed by atoms with Crippen LogP contribution in [0.2, 0.25) is 0 Å². The molecule has 0 unspecified atom stereocenters. The average molecular weight is 433 g/mol. The third kappa shape index (κ3) is 6.85. The lowest BCUT2D eigenvalue weighted by Gasteiger charge is -2.22. The SMILES string of the molecule is CCCCN(CCCC)C(=O)c1ccc(CNS(=O)(=O)c2ccc(OC)cc2)cc1. The van der Waals surface area contributed by atoms with Gasteiger partial charge in [-0.25, -0.2) is 13.1 Å². The van der Waals surface area contributed by atoms with Crippen molar-refractivity contribution in [1.82, 2.24) is 9.62 Å². The van der Waals surface area contributed by atoms with Gasteiger partial charge in [0.25, 0.3) is 5.91 Å². The van der Waals surface area contributed by atoms with Gasteiger partial charge in [-0.05, 0) is 54.8 Å². The summed E-state index contributed by atoms with van der Waals surface area (Å²) >= 11 is 0. The molecular formula is C23H32N2O4S. The van der Waals surface area contributed by atoms with E-state index in [0.29, 0.717) is 11.3 Å². The Hall–Kier alpha value is -2.38. The Morgan fingerprint density at radius 2 is 1.50 bits per heavy atom. The monoisotopic (exact) mass is 432 g/mol. The molecule has 0 aliphatic heterocycles. The minimum Gasteiger partial charge on any atom is -0.497 e. The van der Waals surface area contributed by atoms with Gasteiger partial charge >= 0.3 is 0 Å². The van der Waals surface area contributed by atoms with Crippen LogP contribution in [0.3, 0.4) is 0 Å². The Balaban J connectivity index is 2.01. The maximum atomic E-state index is 12.8. The summed E-state index contributed by atoms with van der Waals surface area (Å²) in [6.45, 7) is 5.91. The zero-order chi connectivity index (χ0) is 22.0. The number of hydrogen-bond donors (Lipinski definition) is 1. The largest absolute Gasteiger partial charge is 0.497 e. The molecular weight excluding hydrogens is 400 g/mol. The standard InChI is InChI=1S/C23H32N2O4S/c1-4-6-16-25(17-7-5-2)23(26)20-10-8-19(9-11-20)18-24-30(27,28)22-14-12-21(29-3)13-15-22/h8-15,24H,4-7,16-18H2,1-3H3. The van der Waals surface area contributed by atoms with E-state index in [1.165, 1.54) is 19.2 Å². The smallest absolute Gasteiger partial charge is 0.253 e. The van der Waals surface area contributed by atoms with Gasteiger partial charge in [-0.3, -0.25) is 4.79 Å². The highest BCUT2D eigenvalue weighted by Gasteiger charge is 2.16. The normalized spacial score (nSPS) is 11.3. The van der Waals surface area contributed by atoms with Gasteiger partial charge in [0.2, 0.25) is 10.0 Å².